The highest BCUT2D eigenvalue weighted by Crippen LogP contribution is 2.39. The van der Waals surface area contributed by atoms with E-state index < -0.39 is 6.10 Å². The first-order valence-corrected chi connectivity index (χ1v) is 10.3. The molecule has 1 saturated carbocycles. The largest absolute Gasteiger partial charge is 0.396 e. The number of hydrogen-bond acceptors (Lipinski definition) is 4. The maximum absolute atomic E-state index is 10.5. The molecule has 0 aromatic heterocycles. The van der Waals surface area contributed by atoms with E-state index in [1.54, 1.807) is 0 Å². The topological polar surface area (TPSA) is 58.9 Å². The lowest BCUT2D eigenvalue weighted by molar-refractivity contribution is -0.193. The summed E-state index contributed by atoms with van der Waals surface area (Å²) in [5.74, 6) is 7.05. The van der Waals surface area contributed by atoms with Crippen LogP contribution in [0.15, 0.2) is 12.2 Å². The first-order valence-electron chi connectivity index (χ1n) is 10.3. The third-order valence-electron chi connectivity index (χ3n) is 5.47. The molecule has 1 unspecified atom stereocenters. The van der Waals surface area contributed by atoms with E-state index in [-0.39, 0.29) is 30.8 Å². The normalized spacial score (nSPS) is 33.2. The lowest BCUT2D eigenvalue weighted by Crippen LogP contribution is -2.30. The van der Waals surface area contributed by atoms with Gasteiger partial charge in [0.15, 0.2) is 6.29 Å². The Morgan fingerprint density at radius 1 is 1.31 bits per heavy atom. The molecule has 148 valence electrons. The fraction of sp³-hybridized carbons (Fsp3) is 0.818. The predicted molar refractivity (Wildman–Crippen MR) is 103 cm³/mol. The summed E-state index contributed by atoms with van der Waals surface area (Å²) in [6.07, 6.45) is 11.0. The summed E-state index contributed by atoms with van der Waals surface area (Å²) < 4.78 is 11.9. The molecule has 2 rings (SSSR count). The second-order valence-electron chi connectivity index (χ2n) is 7.71. The van der Waals surface area contributed by atoms with Crippen LogP contribution in [0.5, 0.6) is 0 Å². The zero-order chi connectivity index (χ0) is 18.8. The molecular formula is C22H36O4. The van der Waals surface area contributed by atoms with Gasteiger partial charge in [-0.05, 0) is 43.9 Å². The molecule has 4 nitrogen and oxygen atoms in total. The third-order valence-corrected chi connectivity index (χ3v) is 5.47. The van der Waals surface area contributed by atoms with Crippen LogP contribution in [0.3, 0.4) is 0 Å². The minimum Gasteiger partial charge on any atom is -0.396 e. The number of rotatable bonds is 8. The van der Waals surface area contributed by atoms with Crippen LogP contribution >= 0.6 is 0 Å². The minimum absolute atomic E-state index is 0.0314. The number of hydrogen-bond donors (Lipinski definition) is 2. The van der Waals surface area contributed by atoms with Crippen molar-refractivity contribution in [2.45, 2.75) is 83.7 Å². The fourth-order valence-electron chi connectivity index (χ4n) is 3.99. The predicted octanol–water partition coefficient (Wildman–Crippen LogP) is 3.66. The summed E-state index contributed by atoms with van der Waals surface area (Å²) in [5, 5.41) is 19.8. The van der Waals surface area contributed by atoms with E-state index in [2.05, 4.69) is 37.8 Å². The first kappa shape index (κ1) is 21.4. The Kier molecular flexibility index (Phi) is 9.71. The Balaban J connectivity index is 1.94. The highest BCUT2D eigenvalue weighted by Gasteiger charge is 2.42. The quantitative estimate of drug-likeness (QED) is 0.510. The van der Waals surface area contributed by atoms with Gasteiger partial charge in [0.2, 0.25) is 0 Å². The smallest absolute Gasteiger partial charge is 0.157 e. The summed E-state index contributed by atoms with van der Waals surface area (Å²) in [6, 6.07) is 0. The highest BCUT2D eigenvalue weighted by atomic mass is 16.7. The Labute approximate surface area is 159 Å². The van der Waals surface area contributed by atoms with Crippen molar-refractivity contribution >= 4 is 0 Å². The number of ether oxygens (including phenoxy) is 2. The maximum atomic E-state index is 10.5. The standard InChI is InChI=1S/C22H36O4/c1-3-4-5-9-17(2)10-8-11-19-18(13-14-23)20(24)16-21(19)26-22-12-6-7-15-25-22/h8,11,17-24H,3,6-7,9-10,12-16H2,1-2H3/b11-8+/t17-,18+,19+,20-,21+,22?/m0/s1. The molecule has 6 atom stereocenters. The molecule has 2 N–H and O–H groups in total. The van der Waals surface area contributed by atoms with Gasteiger partial charge >= 0.3 is 0 Å². The molecule has 2 fully saturated rings. The maximum Gasteiger partial charge on any atom is 0.157 e. The highest BCUT2D eigenvalue weighted by molar-refractivity contribution is 5.04. The van der Waals surface area contributed by atoms with Crippen molar-refractivity contribution in [3.63, 3.8) is 0 Å². The van der Waals surface area contributed by atoms with Crippen molar-refractivity contribution in [2.75, 3.05) is 13.2 Å². The average Bonchev–Trinajstić information content (AvgIpc) is 2.92. The zero-order valence-electron chi connectivity index (χ0n) is 16.4. The summed E-state index contributed by atoms with van der Waals surface area (Å²) in [4.78, 5) is 0. The Bertz CT molecular complexity index is 472. The summed E-state index contributed by atoms with van der Waals surface area (Å²) in [6.45, 7) is 5.15. The number of aliphatic hydroxyl groups is 2. The van der Waals surface area contributed by atoms with Crippen LogP contribution in [-0.2, 0) is 9.47 Å². The SMILES string of the molecule is CCC#CC[C@H](C)C/C=C/[C@@H]1[C@@H](CCO)[C@@H](O)C[C@H]1OC1CCCCO1. The van der Waals surface area contributed by atoms with Crippen molar-refractivity contribution in [1.29, 1.82) is 0 Å². The van der Waals surface area contributed by atoms with Crippen molar-refractivity contribution < 1.29 is 19.7 Å². The average molecular weight is 365 g/mol. The fourth-order valence-corrected chi connectivity index (χ4v) is 3.99. The van der Waals surface area contributed by atoms with Crippen LogP contribution in [0.4, 0.5) is 0 Å². The van der Waals surface area contributed by atoms with Crippen LogP contribution in [-0.4, -0.2) is 41.9 Å². The second kappa shape index (κ2) is 11.8. The van der Waals surface area contributed by atoms with Crippen LogP contribution in [0, 0.1) is 29.6 Å². The van der Waals surface area contributed by atoms with E-state index >= 15 is 0 Å². The zero-order valence-corrected chi connectivity index (χ0v) is 16.4. The van der Waals surface area contributed by atoms with Crippen molar-refractivity contribution in [1.82, 2.24) is 0 Å². The Morgan fingerprint density at radius 2 is 2.15 bits per heavy atom. The summed E-state index contributed by atoms with van der Waals surface area (Å²) >= 11 is 0. The van der Waals surface area contributed by atoms with Crippen LogP contribution < -0.4 is 0 Å². The van der Waals surface area contributed by atoms with Gasteiger partial charge in [-0.2, -0.15) is 0 Å². The lowest BCUT2D eigenvalue weighted by atomic mass is 9.89. The minimum atomic E-state index is -0.418. The molecular weight excluding hydrogens is 328 g/mol. The van der Waals surface area contributed by atoms with Gasteiger partial charge in [0, 0.05) is 38.4 Å². The second-order valence-corrected chi connectivity index (χ2v) is 7.71. The van der Waals surface area contributed by atoms with Crippen molar-refractivity contribution in [2.24, 2.45) is 17.8 Å². The molecule has 1 aliphatic heterocycles. The molecule has 1 saturated heterocycles. The molecule has 0 aromatic carbocycles. The molecule has 0 aromatic rings. The van der Waals surface area contributed by atoms with E-state index in [4.69, 9.17) is 9.47 Å². The molecule has 4 heteroatoms. The van der Waals surface area contributed by atoms with Gasteiger partial charge in [-0.15, -0.1) is 11.8 Å². The number of allylic oxidation sites excluding steroid dienone is 1. The van der Waals surface area contributed by atoms with Crippen LogP contribution in [0.25, 0.3) is 0 Å². The van der Waals surface area contributed by atoms with Gasteiger partial charge < -0.3 is 19.7 Å². The van der Waals surface area contributed by atoms with Gasteiger partial charge in [-0.1, -0.05) is 26.0 Å². The van der Waals surface area contributed by atoms with Gasteiger partial charge in [-0.25, -0.2) is 0 Å². The van der Waals surface area contributed by atoms with Gasteiger partial charge in [0.25, 0.3) is 0 Å². The Hall–Kier alpha value is -0.860. The van der Waals surface area contributed by atoms with E-state index in [0.29, 0.717) is 18.8 Å². The number of aliphatic hydroxyl groups excluding tert-OH is 2. The molecule has 1 heterocycles. The third kappa shape index (κ3) is 6.70. The van der Waals surface area contributed by atoms with Crippen molar-refractivity contribution in [3.8, 4) is 11.8 Å². The molecule has 2 aliphatic rings. The molecule has 0 bridgehead atoms. The van der Waals surface area contributed by atoms with Crippen molar-refractivity contribution in [3.05, 3.63) is 12.2 Å². The summed E-state index contributed by atoms with van der Waals surface area (Å²) in [7, 11) is 0. The van der Waals surface area contributed by atoms with Crippen LogP contribution in [0.1, 0.15) is 65.2 Å². The van der Waals surface area contributed by atoms with Gasteiger partial charge in [0.1, 0.15) is 0 Å². The summed E-state index contributed by atoms with van der Waals surface area (Å²) in [5.41, 5.74) is 0. The van der Waals surface area contributed by atoms with Gasteiger partial charge in [-0.3, -0.25) is 0 Å². The molecule has 0 radical (unpaired) electrons. The Morgan fingerprint density at radius 3 is 2.85 bits per heavy atom. The monoisotopic (exact) mass is 364 g/mol. The lowest BCUT2D eigenvalue weighted by Gasteiger charge is -2.29. The van der Waals surface area contributed by atoms with E-state index in [0.717, 1.165) is 45.1 Å². The van der Waals surface area contributed by atoms with Gasteiger partial charge in [0.05, 0.1) is 12.2 Å². The van der Waals surface area contributed by atoms with E-state index in [1.807, 2.05) is 0 Å². The molecule has 0 spiro atoms. The molecule has 1 aliphatic carbocycles. The van der Waals surface area contributed by atoms with Crippen LogP contribution in [0.2, 0.25) is 0 Å². The van der Waals surface area contributed by atoms with E-state index in [1.165, 1.54) is 0 Å². The molecule has 0 amide bonds. The van der Waals surface area contributed by atoms with E-state index in [9.17, 15) is 10.2 Å². The first-order chi connectivity index (χ1) is 12.7. The molecule has 26 heavy (non-hydrogen) atoms.